The van der Waals surface area contributed by atoms with E-state index in [4.69, 9.17) is 18.9 Å². The van der Waals surface area contributed by atoms with Crippen molar-refractivity contribution in [3.8, 4) is 5.75 Å². The molecule has 0 spiro atoms. The first-order valence-electron chi connectivity index (χ1n) is 8.90. The lowest BCUT2D eigenvalue weighted by Gasteiger charge is -2.20. The molecule has 0 bridgehead atoms. The van der Waals surface area contributed by atoms with E-state index in [0.717, 1.165) is 11.1 Å². The van der Waals surface area contributed by atoms with Crippen molar-refractivity contribution in [1.82, 2.24) is 0 Å². The predicted molar refractivity (Wildman–Crippen MR) is 105 cm³/mol. The average Bonchev–Trinajstić information content (AvgIpc) is 2.77. The van der Waals surface area contributed by atoms with Crippen LogP contribution in [-0.2, 0) is 27.4 Å². The molecule has 0 radical (unpaired) electrons. The van der Waals surface area contributed by atoms with E-state index in [1.54, 1.807) is 24.3 Å². The lowest BCUT2D eigenvalue weighted by Crippen LogP contribution is -2.24. The van der Waals surface area contributed by atoms with Crippen LogP contribution in [0.3, 0.4) is 0 Å². The minimum atomic E-state index is -0.899. The highest BCUT2D eigenvalue weighted by molar-refractivity contribution is 5.89. The number of benzene rings is 3. The molecule has 28 heavy (non-hydrogen) atoms. The van der Waals surface area contributed by atoms with Gasteiger partial charge in [0.25, 0.3) is 0 Å². The molecule has 0 fully saturated rings. The van der Waals surface area contributed by atoms with Gasteiger partial charge in [0.15, 0.2) is 0 Å². The maximum absolute atomic E-state index is 11.6. The number of esters is 1. The Balaban J connectivity index is 1.64. The van der Waals surface area contributed by atoms with E-state index in [1.807, 2.05) is 60.7 Å². The van der Waals surface area contributed by atoms with Crippen molar-refractivity contribution < 1.29 is 23.7 Å². The lowest BCUT2D eigenvalue weighted by atomic mass is 10.2. The molecule has 144 valence electrons. The van der Waals surface area contributed by atoms with E-state index in [9.17, 15) is 4.79 Å². The molecule has 0 amide bonds. The van der Waals surface area contributed by atoms with E-state index in [0.29, 0.717) is 24.5 Å². The number of rotatable bonds is 9. The van der Waals surface area contributed by atoms with Crippen LogP contribution in [0, 0.1) is 0 Å². The first-order chi connectivity index (χ1) is 13.7. The summed E-state index contributed by atoms with van der Waals surface area (Å²) in [5, 5.41) is 0. The molecule has 0 atom stereocenters. The zero-order chi connectivity index (χ0) is 19.6. The Morgan fingerprint density at radius 2 is 1.25 bits per heavy atom. The van der Waals surface area contributed by atoms with Crippen LogP contribution in [0.15, 0.2) is 84.9 Å². The Morgan fingerprint density at radius 3 is 1.71 bits per heavy atom. The number of hydrogen-bond acceptors (Lipinski definition) is 5. The third-order valence-corrected chi connectivity index (χ3v) is 3.97. The van der Waals surface area contributed by atoms with E-state index < -0.39 is 12.4 Å². The van der Waals surface area contributed by atoms with Crippen molar-refractivity contribution in [2.45, 2.75) is 19.7 Å². The van der Waals surface area contributed by atoms with Gasteiger partial charge in [-0.3, -0.25) is 0 Å². The van der Waals surface area contributed by atoms with Gasteiger partial charge in [-0.05, 0) is 35.4 Å². The SMILES string of the molecule is COC(=O)c1ccc(OC(OCc2ccccc2)OCc2ccccc2)cc1. The highest BCUT2D eigenvalue weighted by Gasteiger charge is 2.13. The molecule has 3 rings (SSSR count). The molecular weight excluding hydrogens is 356 g/mol. The molecule has 0 aliphatic carbocycles. The van der Waals surface area contributed by atoms with Crippen LogP contribution in [0.1, 0.15) is 21.5 Å². The van der Waals surface area contributed by atoms with Gasteiger partial charge in [0, 0.05) is 0 Å². The summed E-state index contributed by atoms with van der Waals surface area (Å²) in [6.45, 7) is -0.203. The Kier molecular flexibility index (Phi) is 7.18. The first-order valence-corrected chi connectivity index (χ1v) is 8.90. The number of ether oxygens (including phenoxy) is 4. The molecule has 0 saturated heterocycles. The predicted octanol–water partition coefficient (Wildman–Crippen LogP) is 4.57. The second-order valence-electron chi connectivity index (χ2n) is 6.02. The van der Waals surface area contributed by atoms with Gasteiger partial charge in [0.1, 0.15) is 5.75 Å². The molecule has 5 nitrogen and oxygen atoms in total. The molecule has 0 unspecified atom stereocenters. The molecular formula is C23H22O5. The van der Waals surface area contributed by atoms with Crippen LogP contribution in [0.25, 0.3) is 0 Å². The molecule has 0 aliphatic heterocycles. The molecule has 0 heterocycles. The van der Waals surface area contributed by atoms with Crippen molar-refractivity contribution in [1.29, 1.82) is 0 Å². The standard InChI is InChI=1S/C23H22O5/c1-25-22(24)20-12-14-21(15-13-20)28-23(26-16-18-8-4-2-5-9-18)27-17-19-10-6-3-7-11-19/h2-15,23H,16-17H2,1H3. The van der Waals surface area contributed by atoms with Crippen LogP contribution in [-0.4, -0.2) is 19.6 Å². The average molecular weight is 378 g/mol. The zero-order valence-electron chi connectivity index (χ0n) is 15.6. The van der Waals surface area contributed by atoms with Gasteiger partial charge in [0.2, 0.25) is 0 Å². The van der Waals surface area contributed by atoms with E-state index in [1.165, 1.54) is 7.11 Å². The van der Waals surface area contributed by atoms with E-state index in [-0.39, 0.29) is 0 Å². The fourth-order valence-corrected chi connectivity index (χ4v) is 2.49. The Hall–Kier alpha value is -3.15. The maximum Gasteiger partial charge on any atom is 0.337 e. The number of carbonyl (C=O) groups excluding carboxylic acids is 1. The van der Waals surface area contributed by atoms with Gasteiger partial charge in [0.05, 0.1) is 25.9 Å². The number of carbonyl (C=O) groups is 1. The monoisotopic (exact) mass is 378 g/mol. The maximum atomic E-state index is 11.6. The topological polar surface area (TPSA) is 54.0 Å². The van der Waals surface area contributed by atoms with Crippen molar-refractivity contribution >= 4 is 5.97 Å². The van der Waals surface area contributed by atoms with Gasteiger partial charge in [-0.1, -0.05) is 60.7 Å². The molecule has 3 aromatic rings. The first kappa shape index (κ1) is 19.6. The fourth-order valence-electron chi connectivity index (χ4n) is 2.49. The summed E-state index contributed by atoms with van der Waals surface area (Å²) in [7, 11) is 1.34. The van der Waals surface area contributed by atoms with Crippen molar-refractivity contribution in [2.75, 3.05) is 7.11 Å². The summed E-state index contributed by atoms with van der Waals surface area (Å²) in [6.07, 6.45) is 0. The lowest BCUT2D eigenvalue weighted by molar-refractivity contribution is -0.258. The van der Waals surface area contributed by atoms with Crippen LogP contribution in [0.2, 0.25) is 0 Å². The number of hydrogen-bond donors (Lipinski definition) is 0. The largest absolute Gasteiger partial charge is 0.465 e. The molecule has 0 aliphatic rings. The van der Waals surface area contributed by atoms with E-state index >= 15 is 0 Å². The van der Waals surface area contributed by atoms with Gasteiger partial charge in [-0.2, -0.15) is 0 Å². The van der Waals surface area contributed by atoms with Crippen LogP contribution in [0.5, 0.6) is 5.75 Å². The summed E-state index contributed by atoms with van der Waals surface area (Å²) in [5.74, 6) is 0.127. The second kappa shape index (κ2) is 10.3. The normalized spacial score (nSPS) is 10.6. The summed E-state index contributed by atoms with van der Waals surface area (Å²) < 4.78 is 22.2. The molecule has 0 aromatic heterocycles. The van der Waals surface area contributed by atoms with Gasteiger partial charge >= 0.3 is 12.4 Å². The Morgan fingerprint density at radius 1 is 0.750 bits per heavy atom. The summed E-state index contributed by atoms with van der Waals surface area (Å²) in [6, 6.07) is 26.2. The van der Waals surface area contributed by atoms with Gasteiger partial charge < -0.3 is 18.9 Å². The minimum Gasteiger partial charge on any atom is -0.465 e. The summed E-state index contributed by atoms with van der Waals surface area (Å²) >= 11 is 0. The van der Waals surface area contributed by atoms with Crippen LogP contribution in [0.4, 0.5) is 0 Å². The zero-order valence-corrected chi connectivity index (χ0v) is 15.6. The fraction of sp³-hybridized carbons (Fsp3) is 0.174. The number of methoxy groups -OCH3 is 1. The van der Waals surface area contributed by atoms with Crippen LogP contribution >= 0.6 is 0 Å². The smallest absolute Gasteiger partial charge is 0.337 e. The van der Waals surface area contributed by atoms with Crippen LogP contribution < -0.4 is 4.74 Å². The summed E-state index contributed by atoms with van der Waals surface area (Å²) in [4.78, 5) is 11.6. The second-order valence-corrected chi connectivity index (χ2v) is 6.02. The van der Waals surface area contributed by atoms with Crippen molar-refractivity contribution in [3.05, 3.63) is 102 Å². The molecule has 5 heteroatoms. The Labute approximate surface area is 164 Å². The Bertz CT molecular complexity index is 804. The van der Waals surface area contributed by atoms with Crippen molar-refractivity contribution in [2.24, 2.45) is 0 Å². The van der Waals surface area contributed by atoms with Gasteiger partial charge in [-0.25, -0.2) is 4.79 Å². The van der Waals surface area contributed by atoms with Gasteiger partial charge in [-0.15, -0.1) is 0 Å². The third kappa shape index (κ3) is 5.94. The van der Waals surface area contributed by atoms with E-state index in [2.05, 4.69) is 0 Å². The third-order valence-electron chi connectivity index (χ3n) is 3.97. The summed E-state index contributed by atoms with van der Waals surface area (Å²) in [5.41, 5.74) is 2.47. The highest BCUT2D eigenvalue weighted by atomic mass is 16.8. The minimum absolute atomic E-state index is 0.348. The molecule has 3 aromatic carbocycles. The quantitative estimate of drug-likeness (QED) is 0.403. The highest BCUT2D eigenvalue weighted by Crippen LogP contribution is 2.17. The molecule has 0 N–H and O–H groups in total. The van der Waals surface area contributed by atoms with Crippen molar-refractivity contribution in [3.63, 3.8) is 0 Å². The molecule has 0 saturated carbocycles.